The molecule has 2 aromatic rings. The summed E-state index contributed by atoms with van der Waals surface area (Å²) in [5, 5.41) is 4.81. The van der Waals surface area contributed by atoms with Gasteiger partial charge < -0.3 is 19.5 Å². The highest BCUT2D eigenvalue weighted by molar-refractivity contribution is 7.12. The predicted octanol–water partition coefficient (Wildman–Crippen LogP) is 2.75. The van der Waals surface area contributed by atoms with Crippen molar-refractivity contribution in [1.82, 2.24) is 15.1 Å². The molecule has 4 heterocycles. The Labute approximate surface area is 180 Å². The molecular formula is C22H27N3O4S. The molecule has 160 valence electrons. The summed E-state index contributed by atoms with van der Waals surface area (Å²) >= 11 is 1.44. The number of rotatable bonds is 5. The van der Waals surface area contributed by atoms with E-state index >= 15 is 0 Å². The van der Waals surface area contributed by atoms with Gasteiger partial charge >= 0.3 is 0 Å². The van der Waals surface area contributed by atoms with Gasteiger partial charge in [-0.2, -0.15) is 0 Å². The highest BCUT2D eigenvalue weighted by Crippen LogP contribution is 2.25. The Hall–Kier alpha value is -2.61. The number of hydrogen-bond donors (Lipinski definition) is 1. The van der Waals surface area contributed by atoms with E-state index in [9.17, 15) is 14.4 Å². The minimum Gasteiger partial charge on any atom is -0.467 e. The maximum absolute atomic E-state index is 13.0. The molecule has 2 aliphatic rings. The van der Waals surface area contributed by atoms with Crippen molar-refractivity contribution in [1.29, 1.82) is 0 Å². The second kappa shape index (κ2) is 9.47. The summed E-state index contributed by atoms with van der Waals surface area (Å²) in [7, 11) is 0. The molecule has 2 saturated heterocycles. The summed E-state index contributed by atoms with van der Waals surface area (Å²) in [5.74, 6) is 0.667. The Morgan fingerprint density at radius 3 is 2.57 bits per heavy atom. The SMILES string of the molecule is O=C(NCc1ccco1)C1CCN(C(=O)C2CCCN(C(=O)c3cccs3)C2)CC1. The van der Waals surface area contributed by atoms with Crippen molar-refractivity contribution in [2.24, 2.45) is 11.8 Å². The number of nitrogens with one attached hydrogen (secondary N) is 1. The molecule has 2 aliphatic heterocycles. The molecule has 2 fully saturated rings. The van der Waals surface area contributed by atoms with Crippen LogP contribution >= 0.6 is 11.3 Å². The molecule has 0 spiro atoms. The van der Waals surface area contributed by atoms with Crippen LogP contribution in [0.1, 0.15) is 41.1 Å². The molecule has 0 radical (unpaired) electrons. The maximum atomic E-state index is 13.0. The average molecular weight is 430 g/mol. The summed E-state index contributed by atoms with van der Waals surface area (Å²) < 4.78 is 5.24. The number of thiophene rings is 1. The van der Waals surface area contributed by atoms with Gasteiger partial charge in [0.1, 0.15) is 5.76 Å². The monoisotopic (exact) mass is 429 g/mol. The second-order valence-electron chi connectivity index (χ2n) is 7.96. The molecule has 0 bridgehead atoms. The number of nitrogens with zero attached hydrogens (tertiary/aromatic N) is 2. The van der Waals surface area contributed by atoms with E-state index in [0.717, 1.165) is 23.5 Å². The molecule has 0 aliphatic carbocycles. The van der Waals surface area contributed by atoms with Gasteiger partial charge in [0.15, 0.2) is 0 Å². The highest BCUT2D eigenvalue weighted by Gasteiger charge is 2.34. The van der Waals surface area contributed by atoms with Crippen LogP contribution in [0.5, 0.6) is 0 Å². The molecular weight excluding hydrogens is 402 g/mol. The van der Waals surface area contributed by atoms with E-state index in [0.29, 0.717) is 45.6 Å². The van der Waals surface area contributed by atoms with Crippen LogP contribution < -0.4 is 5.32 Å². The third-order valence-electron chi connectivity index (χ3n) is 5.98. The van der Waals surface area contributed by atoms with Crippen LogP contribution in [0.25, 0.3) is 0 Å². The topological polar surface area (TPSA) is 82.9 Å². The Morgan fingerprint density at radius 1 is 1.03 bits per heavy atom. The number of amides is 3. The maximum Gasteiger partial charge on any atom is 0.263 e. The zero-order valence-electron chi connectivity index (χ0n) is 16.9. The van der Waals surface area contributed by atoms with Crippen LogP contribution in [-0.2, 0) is 16.1 Å². The van der Waals surface area contributed by atoms with Gasteiger partial charge in [0, 0.05) is 32.1 Å². The number of piperidine rings is 2. The number of furan rings is 1. The van der Waals surface area contributed by atoms with E-state index in [1.165, 1.54) is 11.3 Å². The van der Waals surface area contributed by atoms with Crippen molar-refractivity contribution in [2.45, 2.75) is 32.2 Å². The van der Waals surface area contributed by atoms with E-state index in [2.05, 4.69) is 5.32 Å². The Balaban J connectivity index is 1.25. The van der Waals surface area contributed by atoms with Crippen molar-refractivity contribution in [2.75, 3.05) is 26.2 Å². The quantitative estimate of drug-likeness (QED) is 0.792. The van der Waals surface area contributed by atoms with Gasteiger partial charge in [-0.3, -0.25) is 14.4 Å². The van der Waals surface area contributed by atoms with Crippen molar-refractivity contribution >= 4 is 29.1 Å². The lowest BCUT2D eigenvalue weighted by Crippen LogP contribution is -2.49. The van der Waals surface area contributed by atoms with E-state index in [-0.39, 0.29) is 29.6 Å². The first-order chi connectivity index (χ1) is 14.6. The normalized spacial score (nSPS) is 20.2. The van der Waals surface area contributed by atoms with Gasteiger partial charge in [0.05, 0.1) is 23.6 Å². The average Bonchev–Trinajstić information content (AvgIpc) is 3.51. The first-order valence-corrected chi connectivity index (χ1v) is 11.4. The first kappa shape index (κ1) is 20.7. The lowest BCUT2D eigenvalue weighted by atomic mass is 9.92. The minimum absolute atomic E-state index is 0.0175. The van der Waals surface area contributed by atoms with Crippen molar-refractivity contribution in [3.8, 4) is 0 Å². The second-order valence-corrected chi connectivity index (χ2v) is 8.91. The van der Waals surface area contributed by atoms with Crippen LogP contribution in [-0.4, -0.2) is 53.7 Å². The van der Waals surface area contributed by atoms with Gasteiger partial charge in [-0.05, 0) is 49.3 Å². The zero-order chi connectivity index (χ0) is 20.9. The van der Waals surface area contributed by atoms with E-state index < -0.39 is 0 Å². The van der Waals surface area contributed by atoms with Gasteiger partial charge in [-0.1, -0.05) is 6.07 Å². The molecule has 1 atom stereocenters. The predicted molar refractivity (Wildman–Crippen MR) is 113 cm³/mol. The van der Waals surface area contributed by atoms with Gasteiger partial charge in [-0.15, -0.1) is 11.3 Å². The first-order valence-electron chi connectivity index (χ1n) is 10.5. The largest absolute Gasteiger partial charge is 0.467 e. The smallest absolute Gasteiger partial charge is 0.263 e. The Kier molecular flexibility index (Phi) is 6.52. The molecule has 30 heavy (non-hydrogen) atoms. The van der Waals surface area contributed by atoms with Crippen LogP contribution in [0.3, 0.4) is 0 Å². The lowest BCUT2D eigenvalue weighted by molar-refractivity contribution is -0.140. The zero-order valence-corrected chi connectivity index (χ0v) is 17.7. The van der Waals surface area contributed by atoms with Crippen molar-refractivity contribution in [3.63, 3.8) is 0 Å². The Bertz CT molecular complexity index is 857. The van der Waals surface area contributed by atoms with Crippen LogP contribution in [0.2, 0.25) is 0 Å². The molecule has 1 unspecified atom stereocenters. The summed E-state index contributed by atoms with van der Waals surface area (Å²) in [6, 6.07) is 7.34. The number of carbonyl (C=O) groups is 3. The third-order valence-corrected chi connectivity index (χ3v) is 6.84. The molecule has 0 aromatic carbocycles. The number of carbonyl (C=O) groups excluding carboxylic acids is 3. The highest BCUT2D eigenvalue weighted by atomic mass is 32.1. The van der Waals surface area contributed by atoms with Crippen LogP contribution in [0, 0.1) is 11.8 Å². The van der Waals surface area contributed by atoms with E-state index in [1.54, 1.807) is 12.3 Å². The summed E-state index contributed by atoms with van der Waals surface area (Å²) in [6.45, 7) is 2.76. The van der Waals surface area contributed by atoms with Gasteiger partial charge in [0.25, 0.3) is 5.91 Å². The summed E-state index contributed by atoms with van der Waals surface area (Å²) in [6.07, 6.45) is 4.59. The number of hydrogen-bond acceptors (Lipinski definition) is 5. The van der Waals surface area contributed by atoms with E-state index in [1.807, 2.05) is 33.4 Å². The van der Waals surface area contributed by atoms with E-state index in [4.69, 9.17) is 4.42 Å². The fraction of sp³-hybridized carbons (Fsp3) is 0.500. The van der Waals surface area contributed by atoms with Crippen LogP contribution in [0.4, 0.5) is 0 Å². The lowest BCUT2D eigenvalue weighted by Gasteiger charge is -2.37. The Morgan fingerprint density at radius 2 is 1.87 bits per heavy atom. The molecule has 2 aromatic heterocycles. The standard InChI is InChI=1S/C22H27N3O4S/c26-20(23-14-18-5-2-12-29-18)16-7-10-24(11-8-16)21(27)17-4-1-9-25(15-17)22(28)19-6-3-13-30-19/h2-3,5-6,12-13,16-17H,1,4,7-11,14-15H2,(H,23,26). The van der Waals surface area contributed by atoms with Gasteiger partial charge in [-0.25, -0.2) is 0 Å². The van der Waals surface area contributed by atoms with Crippen LogP contribution in [0.15, 0.2) is 40.3 Å². The summed E-state index contributed by atoms with van der Waals surface area (Å²) in [4.78, 5) is 42.5. The minimum atomic E-state index is -0.146. The molecule has 8 heteroatoms. The molecule has 7 nitrogen and oxygen atoms in total. The van der Waals surface area contributed by atoms with Gasteiger partial charge in [0.2, 0.25) is 11.8 Å². The molecule has 1 N–H and O–H groups in total. The third kappa shape index (κ3) is 4.75. The molecule has 3 amide bonds. The fourth-order valence-electron chi connectivity index (χ4n) is 4.27. The van der Waals surface area contributed by atoms with Crippen molar-refractivity contribution < 1.29 is 18.8 Å². The number of likely N-dealkylation sites (tertiary alicyclic amines) is 2. The fourth-order valence-corrected chi connectivity index (χ4v) is 4.96. The summed E-state index contributed by atoms with van der Waals surface area (Å²) in [5.41, 5.74) is 0. The molecule has 4 rings (SSSR count). The molecule has 0 saturated carbocycles. The van der Waals surface area contributed by atoms with Crippen molar-refractivity contribution in [3.05, 3.63) is 46.5 Å².